The van der Waals surface area contributed by atoms with Crippen molar-refractivity contribution < 1.29 is 4.79 Å². The number of likely N-dealkylation sites (N-methyl/N-ethyl adjacent to an activating group) is 1. The van der Waals surface area contributed by atoms with E-state index >= 15 is 0 Å². The van der Waals surface area contributed by atoms with Gasteiger partial charge >= 0.3 is 0 Å². The van der Waals surface area contributed by atoms with Gasteiger partial charge in [-0.2, -0.15) is 0 Å². The Balaban J connectivity index is 2.54. The van der Waals surface area contributed by atoms with E-state index < -0.39 is 5.38 Å². The molecular formula is C12H23ClN2O. The van der Waals surface area contributed by atoms with Crippen molar-refractivity contribution in [3.63, 3.8) is 0 Å². The number of hydrogen-bond acceptors (Lipinski definition) is 2. The summed E-state index contributed by atoms with van der Waals surface area (Å²) >= 11 is 5.75. The summed E-state index contributed by atoms with van der Waals surface area (Å²) in [5.41, 5.74) is 0.139. The lowest BCUT2D eigenvalue weighted by Gasteiger charge is -2.43. The highest BCUT2D eigenvalue weighted by molar-refractivity contribution is 6.30. The normalized spacial score (nSPS) is 21.8. The van der Waals surface area contributed by atoms with Crippen LogP contribution in [0.2, 0.25) is 0 Å². The second kappa shape index (κ2) is 5.87. The van der Waals surface area contributed by atoms with E-state index in [4.69, 9.17) is 11.6 Å². The zero-order chi connectivity index (χ0) is 12.2. The lowest BCUT2D eigenvalue weighted by Crippen LogP contribution is -2.54. The number of nitrogens with zero attached hydrogens (tertiary/aromatic N) is 1. The summed E-state index contributed by atoms with van der Waals surface area (Å²) in [5.74, 6) is -0.0616. The molecule has 1 fully saturated rings. The molecule has 0 heterocycles. The number of amides is 1. The zero-order valence-corrected chi connectivity index (χ0v) is 11.3. The lowest BCUT2D eigenvalue weighted by atomic mass is 9.80. The van der Waals surface area contributed by atoms with Gasteiger partial charge in [-0.15, -0.1) is 11.6 Å². The molecule has 1 rings (SSSR count). The Bertz CT molecular complexity index is 235. The van der Waals surface area contributed by atoms with Crippen LogP contribution in [0.25, 0.3) is 0 Å². The van der Waals surface area contributed by atoms with E-state index in [-0.39, 0.29) is 11.4 Å². The van der Waals surface area contributed by atoms with Gasteiger partial charge in [0.1, 0.15) is 5.38 Å². The fourth-order valence-electron chi connectivity index (χ4n) is 2.38. The van der Waals surface area contributed by atoms with Crippen LogP contribution in [0.1, 0.15) is 39.0 Å². The minimum atomic E-state index is -0.442. The van der Waals surface area contributed by atoms with Crippen LogP contribution in [0.5, 0.6) is 0 Å². The van der Waals surface area contributed by atoms with Gasteiger partial charge in [0, 0.05) is 12.1 Å². The van der Waals surface area contributed by atoms with Crippen LogP contribution in [0.3, 0.4) is 0 Å². The molecule has 1 aliphatic rings. The van der Waals surface area contributed by atoms with E-state index in [2.05, 4.69) is 24.3 Å². The Labute approximate surface area is 104 Å². The van der Waals surface area contributed by atoms with Crippen LogP contribution < -0.4 is 5.32 Å². The van der Waals surface area contributed by atoms with Crippen LogP contribution in [-0.4, -0.2) is 42.4 Å². The maximum atomic E-state index is 11.5. The number of hydrogen-bond donors (Lipinski definition) is 1. The molecule has 0 spiro atoms. The summed E-state index contributed by atoms with van der Waals surface area (Å²) in [6.45, 7) is 2.43. The summed E-state index contributed by atoms with van der Waals surface area (Å²) < 4.78 is 0. The highest BCUT2D eigenvalue weighted by Gasteiger charge is 2.34. The second-order valence-electron chi connectivity index (χ2n) is 5.01. The fraction of sp³-hybridized carbons (Fsp3) is 0.917. The molecule has 1 atom stereocenters. The number of halogens is 1. The third-order valence-electron chi connectivity index (χ3n) is 3.69. The molecule has 1 aliphatic carbocycles. The first-order valence-corrected chi connectivity index (χ1v) is 6.51. The molecule has 0 aliphatic heterocycles. The topological polar surface area (TPSA) is 32.3 Å². The summed E-state index contributed by atoms with van der Waals surface area (Å²) in [6, 6.07) is 0. The first kappa shape index (κ1) is 13.8. The van der Waals surface area contributed by atoms with Gasteiger partial charge in [0.15, 0.2) is 0 Å². The van der Waals surface area contributed by atoms with E-state index in [1.807, 2.05) is 0 Å². The summed E-state index contributed by atoms with van der Waals surface area (Å²) in [6.07, 6.45) is 6.15. The minimum absolute atomic E-state index is 0.0616. The summed E-state index contributed by atoms with van der Waals surface area (Å²) in [5, 5.41) is 2.52. The lowest BCUT2D eigenvalue weighted by molar-refractivity contribution is -0.121. The molecule has 0 bridgehead atoms. The van der Waals surface area contributed by atoms with Crippen LogP contribution in [0.4, 0.5) is 0 Å². The molecule has 0 saturated heterocycles. The van der Waals surface area contributed by atoms with Gasteiger partial charge in [0.25, 0.3) is 0 Å². The van der Waals surface area contributed by atoms with E-state index in [0.717, 1.165) is 19.4 Å². The Morgan fingerprint density at radius 2 is 1.94 bits per heavy atom. The number of nitrogens with one attached hydrogen (secondary N) is 1. The maximum Gasteiger partial charge on any atom is 0.237 e. The fourth-order valence-corrected chi connectivity index (χ4v) is 2.46. The molecule has 1 unspecified atom stereocenters. The van der Waals surface area contributed by atoms with E-state index in [1.54, 1.807) is 6.92 Å². The maximum absolute atomic E-state index is 11.5. The van der Waals surface area contributed by atoms with E-state index in [9.17, 15) is 4.79 Å². The highest BCUT2D eigenvalue weighted by Crippen LogP contribution is 2.31. The average Bonchev–Trinajstić information content (AvgIpc) is 2.26. The Hall–Kier alpha value is -0.280. The first-order valence-electron chi connectivity index (χ1n) is 6.07. The smallest absolute Gasteiger partial charge is 0.237 e. The number of alkyl halides is 1. The molecule has 16 heavy (non-hydrogen) atoms. The van der Waals surface area contributed by atoms with Gasteiger partial charge in [-0.05, 0) is 33.9 Å². The van der Waals surface area contributed by atoms with Crippen molar-refractivity contribution in [2.75, 3.05) is 20.6 Å². The standard InChI is InChI=1S/C12H23ClN2O/c1-10(13)11(16)14-9-12(15(2)3)7-5-4-6-8-12/h10H,4-9H2,1-3H3,(H,14,16). The minimum Gasteiger partial charge on any atom is -0.353 e. The molecule has 1 saturated carbocycles. The second-order valence-corrected chi connectivity index (χ2v) is 5.67. The van der Waals surface area contributed by atoms with Crippen molar-refractivity contribution in [1.82, 2.24) is 10.2 Å². The first-order chi connectivity index (χ1) is 7.48. The van der Waals surface area contributed by atoms with Crippen molar-refractivity contribution in [3.05, 3.63) is 0 Å². The van der Waals surface area contributed by atoms with Crippen molar-refractivity contribution in [1.29, 1.82) is 0 Å². The van der Waals surface area contributed by atoms with Crippen LogP contribution >= 0.6 is 11.6 Å². The number of rotatable bonds is 4. The Kier molecular flexibility index (Phi) is 5.06. The predicted molar refractivity (Wildman–Crippen MR) is 67.8 cm³/mol. The largest absolute Gasteiger partial charge is 0.353 e. The van der Waals surface area contributed by atoms with E-state index in [1.165, 1.54) is 19.3 Å². The van der Waals surface area contributed by atoms with Gasteiger partial charge in [-0.25, -0.2) is 0 Å². The molecular weight excluding hydrogens is 224 g/mol. The molecule has 0 aromatic carbocycles. The van der Waals surface area contributed by atoms with E-state index in [0.29, 0.717) is 0 Å². The SMILES string of the molecule is CC(Cl)C(=O)NCC1(N(C)C)CCCCC1. The van der Waals surface area contributed by atoms with Crippen molar-refractivity contribution in [3.8, 4) is 0 Å². The van der Waals surface area contributed by atoms with Crippen molar-refractivity contribution in [2.45, 2.75) is 49.9 Å². The molecule has 0 aromatic rings. The highest BCUT2D eigenvalue weighted by atomic mass is 35.5. The Morgan fingerprint density at radius 3 is 2.38 bits per heavy atom. The molecule has 4 heteroatoms. The van der Waals surface area contributed by atoms with Gasteiger partial charge in [-0.1, -0.05) is 19.3 Å². The van der Waals surface area contributed by atoms with Crippen molar-refractivity contribution >= 4 is 17.5 Å². The third kappa shape index (κ3) is 3.36. The Morgan fingerprint density at radius 1 is 1.38 bits per heavy atom. The monoisotopic (exact) mass is 246 g/mol. The predicted octanol–water partition coefficient (Wildman–Crippen LogP) is 1.99. The van der Waals surface area contributed by atoms with Gasteiger partial charge < -0.3 is 10.2 Å². The molecule has 1 N–H and O–H groups in total. The van der Waals surface area contributed by atoms with Gasteiger partial charge in [-0.3, -0.25) is 4.79 Å². The number of carbonyl (C=O) groups excluding carboxylic acids is 1. The summed E-state index contributed by atoms with van der Waals surface area (Å²) in [7, 11) is 4.20. The zero-order valence-electron chi connectivity index (χ0n) is 10.6. The van der Waals surface area contributed by atoms with Gasteiger partial charge in [0.05, 0.1) is 0 Å². The van der Waals surface area contributed by atoms with Crippen LogP contribution in [0.15, 0.2) is 0 Å². The quantitative estimate of drug-likeness (QED) is 0.770. The number of carbonyl (C=O) groups is 1. The molecule has 94 valence electrons. The van der Waals surface area contributed by atoms with Gasteiger partial charge in [0.2, 0.25) is 5.91 Å². The van der Waals surface area contributed by atoms with Crippen molar-refractivity contribution in [2.24, 2.45) is 0 Å². The average molecular weight is 247 g/mol. The molecule has 0 radical (unpaired) electrons. The van der Waals surface area contributed by atoms with Crippen LogP contribution in [0, 0.1) is 0 Å². The molecule has 0 aromatic heterocycles. The molecule has 1 amide bonds. The third-order valence-corrected chi connectivity index (χ3v) is 3.88. The summed E-state index contributed by atoms with van der Waals surface area (Å²) in [4.78, 5) is 13.7. The van der Waals surface area contributed by atoms with Crippen LogP contribution in [-0.2, 0) is 4.79 Å². The molecule has 3 nitrogen and oxygen atoms in total.